The highest BCUT2D eigenvalue weighted by molar-refractivity contribution is 7.27. The van der Waals surface area contributed by atoms with Crippen molar-refractivity contribution >= 4 is 107 Å². The Labute approximate surface area is 301 Å². The normalized spacial score (nSPS) is 12.2. The average molecular weight is 678 g/mol. The summed E-state index contributed by atoms with van der Waals surface area (Å²) >= 11 is 1.88. The lowest BCUT2D eigenvalue weighted by atomic mass is 9.98. The van der Waals surface area contributed by atoms with E-state index in [1.807, 2.05) is 11.3 Å². The van der Waals surface area contributed by atoms with Gasteiger partial charge in [-0.3, -0.25) is 4.57 Å². The molecule has 3 nitrogen and oxygen atoms in total. The molecule has 0 amide bonds. The first kappa shape index (κ1) is 28.1. The van der Waals surface area contributed by atoms with Crippen LogP contribution in [-0.2, 0) is 0 Å². The van der Waals surface area contributed by atoms with Gasteiger partial charge in [0, 0.05) is 48.0 Å². The van der Waals surface area contributed by atoms with Crippen LogP contribution in [0.15, 0.2) is 164 Å². The maximum absolute atomic E-state index is 5.67. The van der Waals surface area contributed by atoms with Crippen LogP contribution in [0.2, 0.25) is 0 Å². The maximum Gasteiger partial charge on any atom is 0.162 e. The van der Waals surface area contributed by atoms with Gasteiger partial charge in [-0.2, -0.15) is 0 Å². The molecule has 0 bridgehead atoms. The van der Waals surface area contributed by atoms with Gasteiger partial charge < -0.3 is 0 Å². The predicted octanol–water partition coefficient (Wildman–Crippen LogP) is 13.4. The molecule has 3 heterocycles. The topological polar surface area (TPSA) is 30.7 Å². The summed E-state index contributed by atoms with van der Waals surface area (Å²) in [5, 5.41) is 15.6. The molecule has 9 aromatic carbocycles. The van der Waals surface area contributed by atoms with Gasteiger partial charge in [0.2, 0.25) is 0 Å². The summed E-state index contributed by atoms with van der Waals surface area (Å²) in [5.41, 5.74) is 4.34. The van der Waals surface area contributed by atoms with Gasteiger partial charge in [-0.1, -0.05) is 152 Å². The van der Waals surface area contributed by atoms with Gasteiger partial charge in [0.05, 0.1) is 21.3 Å². The van der Waals surface area contributed by atoms with Gasteiger partial charge in [0.15, 0.2) is 5.82 Å². The van der Waals surface area contributed by atoms with Crippen molar-refractivity contribution in [3.8, 4) is 17.2 Å². The molecule has 52 heavy (non-hydrogen) atoms. The number of aromatic nitrogens is 3. The molecule has 0 saturated carbocycles. The summed E-state index contributed by atoms with van der Waals surface area (Å²) in [7, 11) is 0. The molecular formula is C48H27N3S. The molecule has 0 atom stereocenters. The van der Waals surface area contributed by atoms with Crippen molar-refractivity contribution in [1.29, 1.82) is 0 Å². The van der Waals surface area contributed by atoms with Gasteiger partial charge in [0.1, 0.15) is 5.82 Å². The van der Waals surface area contributed by atoms with Crippen LogP contribution >= 0.6 is 11.3 Å². The van der Waals surface area contributed by atoms with Crippen LogP contribution in [0.4, 0.5) is 0 Å². The van der Waals surface area contributed by atoms with Gasteiger partial charge in [-0.15, -0.1) is 11.3 Å². The number of hydrogen-bond donors (Lipinski definition) is 0. The van der Waals surface area contributed by atoms with Gasteiger partial charge in [-0.25, -0.2) is 9.97 Å². The third-order valence-electron chi connectivity index (χ3n) is 10.9. The lowest BCUT2D eigenvalue weighted by Crippen LogP contribution is -2.04. The van der Waals surface area contributed by atoms with E-state index in [2.05, 4.69) is 168 Å². The van der Waals surface area contributed by atoms with E-state index in [0.717, 1.165) is 44.3 Å². The molecule has 0 N–H and O–H groups in total. The molecular weight excluding hydrogens is 651 g/mol. The van der Waals surface area contributed by atoms with Crippen LogP contribution in [0, 0.1) is 0 Å². The van der Waals surface area contributed by atoms with E-state index < -0.39 is 0 Å². The van der Waals surface area contributed by atoms with Crippen molar-refractivity contribution in [3.63, 3.8) is 0 Å². The van der Waals surface area contributed by atoms with Crippen molar-refractivity contribution in [2.45, 2.75) is 0 Å². The second-order valence-electron chi connectivity index (χ2n) is 13.7. The van der Waals surface area contributed by atoms with E-state index in [1.165, 1.54) is 68.9 Å². The molecule has 0 spiro atoms. The van der Waals surface area contributed by atoms with Crippen molar-refractivity contribution in [3.05, 3.63) is 164 Å². The molecule has 0 aliphatic carbocycles. The van der Waals surface area contributed by atoms with Crippen molar-refractivity contribution in [2.24, 2.45) is 0 Å². The molecule has 240 valence electrons. The van der Waals surface area contributed by atoms with Crippen LogP contribution in [0.25, 0.3) is 113 Å². The molecule has 0 radical (unpaired) electrons. The summed E-state index contributed by atoms with van der Waals surface area (Å²) in [5.74, 6) is 1.61. The molecule has 0 aliphatic heterocycles. The van der Waals surface area contributed by atoms with E-state index in [9.17, 15) is 0 Å². The number of hydrogen-bond acceptors (Lipinski definition) is 3. The third-order valence-corrected chi connectivity index (χ3v) is 12.1. The fraction of sp³-hybridized carbons (Fsp3) is 0. The van der Waals surface area contributed by atoms with Crippen LogP contribution in [0.1, 0.15) is 0 Å². The van der Waals surface area contributed by atoms with Gasteiger partial charge >= 0.3 is 0 Å². The minimum absolute atomic E-state index is 0.722. The zero-order valence-electron chi connectivity index (χ0n) is 27.8. The Hall–Kier alpha value is -6.62. The second-order valence-corrected chi connectivity index (χ2v) is 14.7. The fourth-order valence-electron chi connectivity index (χ4n) is 8.71. The molecule has 0 aliphatic rings. The predicted molar refractivity (Wildman–Crippen MR) is 222 cm³/mol. The first-order valence-corrected chi connectivity index (χ1v) is 18.5. The van der Waals surface area contributed by atoms with E-state index in [0.29, 0.717) is 0 Å². The standard InChI is InChI=1S/C48H27N3S/c1-4-16-31-28(12-1)15-11-22-36(31)47-49-43-32-17-5-2-13-29(32)25-27-39(43)48(50-47)51-44-33-18-6-3-14-30(33)24-26-38(44)41-34-19-7-8-20-35(34)42-37-21-9-10-23-40(37)52-46(42)45(41)51/h1-27H. The quantitative estimate of drug-likeness (QED) is 0.171. The first-order valence-electron chi connectivity index (χ1n) is 17.7. The minimum Gasteiger partial charge on any atom is -0.291 e. The highest BCUT2D eigenvalue weighted by Gasteiger charge is 2.25. The Morgan fingerprint density at radius 3 is 1.75 bits per heavy atom. The summed E-state index contributed by atoms with van der Waals surface area (Å²) < 4.78 is 5.05. The van der Waals surface area contributed by atoms with E-state index in [1.54, 1.807) is 0 Å². The highest BCUT2D eigenvalue weighted by atomic mass is 32.1. The van der Waals surface area contributed by atoms with Crippen LogP contribution in [0.3, 0.4) is 0 Å². The first-order chi connectivity index (χ1) is 25.8. The summed E-state index contributed by atoms with van der Waals surface area (Å²) in [4.78, 5) is 11.1. The Bertz CT molecular complexity index is 3470. The van der Waals surface area contributed by atoms with Crippen LogP contribution in [0.5, 0.6) is 0 Å². The molecule has 0 saturated heterocycles. The second kappa shape index (κ2) is 10.5. The highest BCUT2D eigenvalue weighted by Crippen LogP contribution is 2.49. The monoisotopic (exact) mass is 677 g/mol. The number of fused-ring (bicyclic) bond motifs is 16. The Kier molecular flexibility index (Phi) is 5.65. The lowest BCUT2D eigenvalue weighted by molar-refractivity contribution is 1.09. The van der Waals surface area contributed by atoms with Crippen LogP contribution < -0.4 is 0 Å². The Balaban J connectivity index is 1.38. The van der Waals surface area contributed by atoms with Gasteiger partial charge in [-0.05, 0) is 44.5 Å². The lowest BCUT2D eigenvalue weighted by Gasteiger charge is -2.16. The maximum atomic E-state index is 5.67. The summed E-state index contributed by atoms with van der Waals surface area (Å²) in [6.07, 6.45) is 0. The average Bonchev–Trinajstić information content (AvgIpc) is 3.77. The van der Waals surface area contributed by atoms with Crippen molar-refractivity contribution < 1.29 is 0 Å². The summed E-state index contributed by atoms with van der Waals surface area (Å²) in [6.45, 7) is 0. The Morgan fingerprint density at radius 2 is 0.962 bits per heavy atom. The number of benzene rings is 9. The van der Waals surface area contributed by atoms with Crippen LogP contribution in [-0.4, -0.2) is 14.5 Å². The smallest absolute Gasteiger partial charge is 0.162 e. The van der Waals surface area contributed by atoms with Crippen molar-refractivity contribution in [1.82, 2.24) is 14.5 Å². The number of rotatable bonds is 2. The van der Waals surface area contributed by atoms with E-state index in [4.69, 9.17) is 9.97 Å². The molecule has 0 unspecified atom stereocenters. The largest absolute Gasteiger partial charge is 0.291 e. The molecule has 4 heteroatoms. The number of nitrogens with zero attached hydrogens (tertiary/aromatic N) is 3. The molecule has 0 fully saturated rings. The fourth-order valence-corrected chi connectivity index (χ4v) is 9.96. The molecule has 12 rings (SSSR count). The number of thiophene rings is 1. The van der Waals surface area contributed by atoms with E-state index in [-0.39, 0.29) is 0 Å². The third kappa shape index (κ3) is 3.74. The van der Waals surface area contributed by atoms with E-state index >= 15 is 0 Å². The zero-order chi connectivity index (χ0) is 33.9. The SMILES string of the molecule is c1ccc2c(-c3nc(-n4c5c6ccccc6ccc5c5c6ccccc6c6c7ccccc7sc6c54)c4ccc5ccccc5c4n3)cccc2c1. The van der Waals surface area contributed by atoms with Gasteiger partial charge in [0.25, 0.3) is 0 Å². The Morgan fingerprint density at radius 1 is 0.385 bits per heavy atom. The summed E-state index contributed by atoms with van der Waals surface area (Å²) in [6, 6.07) is 59.2. The molecule has 12 aromatic rings. The zero-order valence-corrected chi connectivity index (χ0v) is 28.7. The minimum atomic E-state index is 0.722. The van der Waals surface area contributed by atoms with Crippen molar-refractivity contribution in [2.75, 3.05) is 0 Å². The molecule has 3 aromatic heterocycles.